The Morgan fingerprint density at radius 2 is 2.00 bits per heavy atom. The molecule has 2 rings (SSSR count). The molecular weight excluding hydrogens is 342 g/mol. The summed E-state index contributed by atoms with van der Waals surface area (Å²) >= 11 is 9.31. The van der Waals surface area contributed by atoms with Crippen molar-refractivity contribution in [3.05, 3.63) is 57.8 Å². The van der Waals surface area contributed by atoms with E-state index in [1.165, 1.54) is 0 Å². The van der Waals surface area contributed by atoms with Crippen LogP contribution in [0.1, 0.15) is 12.5 Å². The number of hydrogen-bond donors (Lipinski definition) is 2. The molecule has 1 aromatic heterocycles. The second-order valence-electron chi connectivity index (χ2n) is 4.48. The fourth-order valence-corrected chi connectivity index (χ4v) is 2.32. The molecule has 0 spiro atoms. The predicted octanol–water partition coefficient (Wildman–Crippen LogP) is 3.31. The molecule has 3 N–H and O–H groups in total. The number of nitrogens with one attached hydrogen (secondary N) is 1. The van der Waals surface area contributed by atoms with Gasteiger partial charge >= 0.3 is 0 Å². The standard InChI is InChI=1S/C14H13BrClN3O/c1-14(13(17)20,9-4-6-18-7-5-9)19-10-2-3-12(16)11(15)8-10/h2-8,19H,1H3,(H2,17,20). The predicted molar refractivity (Wildman–Crippen MR) is 83.6 cm³/mol. The summed E-state index contributed by atoms with van der Waals surface area (Å²) in [6, 6.07) is 8.83. The van der Waals surface area contributed by atoms with Gasteiger partial charge in [0.15, 0.2) is 0 Å². The lowest BCUT2D eigenvalue weighted by Crippen LogP contribution is -2.45. The van der Waals surface area contributed by atoms with E-state index in [9.17, 15) is 4.79 Å². The fourth-order valence-electron chi connectivity index (χ4n) is 1.82. The van der Waals surface area contributed by atoms with Crippen molar-refractivity contribution in [1.29, 1.82) is 0 Å². The van der Waals surface area contributed by atoms with Crippen LogP contribution in [-0.2, 0) is 10.3 Å². The number of nitrogens with two attached hydrogens (primary N) is 1. The zero-order valence-electron chi connectivity index (χ0n) is 10.7. The van der Waals surface area contributed by atoms with Crippen LogP contribution in [0.3, 0.4) is 0 Å². The number of halogens is 2. The van der Waals surface area contributed by atoms with Gasteiger partial charge in [0.1, 0.15) is 5.54 Å². The van der Waals surface area contributed by atoms with E-state index in [0.29, 0.717) is 5.02 Å². The van der Waals surface area contributed by atoms with Gasteiger partial charge in [0.25, 0.3) is 0 Å². The van der Waals surface area contributed by atoms with Crippen molar-refractivity contribution < 1.29 is 4.79 Å². The van der Waals surface area contributed by atoms with Crippen molar-refractivity contribution in [2.24, 2.45) is 5.73 Å². The topological polar surface area (TPSA) is 68.0 Å². The summed E-state index contributed by atoms with van der Waals surface area (Å²) in [7, 11) is 0. The molecule has 0 saturated heterocycles. The van der Waals surface area contributed by atoms with Crippen molar-refractivity contribution in [3.63, 3.8) is 0 Å². The summed E-state index contributed by atoms with van der Waals surface area (Å²) in [4.78, 5) is 15.8. The molecule has 2 aromatic rings. The Bertz CT molecular complexity index is 636. The van der Waals surface area contributed by atoms with Crippen LogP contribution in [0.2, 0.25) is 5.02 Å². The number of anilines is 1. The summed E-state index contributed by atoms with van der Waals surface area (Å²) < 4.78 is 0.741. The summed E-state index contributed by atoms with van der Waals surface area (Å²) in [5, 5.41) is 3.75. The molecule has 1 aromatic carbocycles. The first-order chi connectivity index (χ1) is 9.43. The molecule has 6 heteroatoms. The van der Waals surface area contributed by atoms with Gasteiger partial charge < -0.3 is 11.1 Å². The fraction of sp³-hybridized carbons (Fsp3) is 0.143. The molecule has 1 amide bonds. The number of primary amides is 1. The van der Waals surface area contributed by atoms with Gasteiger partial charge in [-0.25, -0.2) is 0 Å². The highest BCUT2D eigenvalue weighted by Gasteiger charge is 2.33. The number of carbonyl (C=O) groups excluding carboxylic acids is 1. The van der Waals surface area contributed by atoms with Gasteiger partial charge in [-0.3, -0.25) is 9.78 Å². The maximum absolute atomic E-state index is 11.9. The van der Waals surface area contributed by atoms with Crippen molar-refractivity contribution in [1.82, 2.24) is 4.98 Å². The van der Waals surface area contributed by atoms with Gasteiger partial charge in [-0.05, 0) is 58.7 Å². The number of benzene rings is 1. The highest BCUT2D eigenvalue weighted by atomic mass is 79.9. The molecule has 4 nitrogen and oxygen atoms in total. The lowest BCUT2D eigenvalue weighted by atomic mass is 9.91. The zero-order chi connectivity index (χ0) is 14.8. The quantitative estimate of drug-likeness (QED) is 0.885. The van der Waals surface area contributed by atoms with E-state index in [4.69, 9.17) is 17.3 Å². The van der Waals surface area contributed by atoms with E-state index in [1.54, 1.807) is 49.6 Å². The van der Waals surface area contributed by atoms with E-state index in [1.807, 2.05) is 0 Å². The lowest BCUT2D eigenvalue weighted by molar-refractivity contribution is -0.122. The van der Waals surface area contributed by atoms with Gasteiger partial charge in [-0.15, -0.1) is 0 Å². The average molecular weight is 355 g/mol. The Hall–Kier alpha value is -1.59. The van der Waals surface area contributed by atoms with Gasteiger partial charge in [0, 0.05) is 22.6 Å². The smallest absolute Gasteiger partial charge is 0.247 e. The molecule has 0 aliphatic rings. The third-order valence-corrected chi connectivity index (χ3v) is 4.28. The molecule has 1 heterocycles. The number of rotatable bonds is 4. The van der Waals surface area contributed by atoms with Gasteiger partial charge in [0.05, 0.1) is 5.02 Å². The molecule has 0 saturated carbocycles. The highest BCUT2D eigenvalue weighted by molar-refractivity contribution is 9.10. The Morgan fingerprint density at radius 1 is 1.35 bits per heavy atom. The highest BCUT2D eigenvalue weighted by Crippen LogP contribution is 2.30. The molecular formula is C14H13BrClN3O. The first-order valence-corrected chi connectivity index (χ1v) is 7.04. The molecule has 0 aliphatic carbocycles. The summed E-state index contributed by atoms with van der Waals surface area (Å²) in [6.07, 6.45) is 3.24. The second kappa shape index (κ2) is 5.81. The van der Waals surface area contributed by atoms with E-state index < -0.39 is 11.4 Å². The number of pyridine rings is 1. The van der Waals surface area contributed by atoms with Gasteiger partial charge in [-0.1, -0.05) is 11.6 Å². The minimum Gasteiger partial charge on any atom is -0.368 e. The Balaban J connectivity index is 2.39. The average Bonchev–Trinajstić information content (AvgIpc) is 2.43. The van der Waals surface area contributed by atoms with Crippen LogP contribution in [0.4, 0.5) is 5.69 Å². The number of hydrogen-bond acceptors (Lipinski definition) is 3. The van der Waals surface area contributed by atoms with Crippen LogP contribution < -0.4 is 11.1 Å². The van der Waals surface area contributed by atoms with E-state index in [-0.39, 0.29) is 0 Å². The normalized spacial score (nSPS) is 13.6. The van der Waals surface area contributed by atoms with Crippen molar-refractivity contribution in [2.75, 3.05) is 5.32 Å². The lowest BCUT2D eigenvalue weighted by Gasteiger charge is -2.29. The molecule has 0 aliphatic heterocycles. The van der Waals surface area contributed by atoms with E-state index in [2.05, 4.69) is 26.2 Å². The first-order valence-electron chi connectivity index (χ1n) is 5.87. The minimum absolute atomic E-state index is 0.477. The Morgan fingerprint density at radius 3 is 2.55 bits per heavy atom. The number of amides is 1. The van der Waals surface area contributed by atoms with Crippen LogP contribution in [0.25, 0.3) is 0 Å². The third-order valence-electron chi connectivity index (χ3n) is 3.06. The molecule has 104 valence electrons. The van der Waals surface area contributed by atoms with E-state index >= 15 is 0 Å². The molecule has 20 heavy (non-hydrogen) atoms. The summed E-state index contributed by atoms with van der Waals surface area (Å²) in [5.41, 5.74) is 6.00. The van der Waals surface area contributed by atoms with Crippen molar-refractivity contribution in [3.8, 4) is 0 Å². The van der Waals surface area contributed by atoms with Crippen LogP contribution >= 0.6 is 27.5 Å². The minimum atomic E-state index is -1.03. The number of nitrogens with zero attached hydrogens (tertiary/aromatic N) is 1. The van der Waals surface area contributed by atoms with Crippen LogP contribution in [0.5, 0.6) is 0 Å². The zero-order valence-corrected chi connectivity index (χ0v) is 13.1. The van der Waals surface area contributed by atoms with Crippen molar-refractivity contribution in [2.45, 2.75) is 12.5 Å². The SMILES string of the molecule is CC(Nc1ccc(Cl)c(Br)c1)(C(N)=O)c1ccncc1. The molecule has 0 bridgehead atoms. The molecule has 0 radical (unpaired) electrons. The number of aromatic nitrogens is 1. The molecule has 1 atom stereocenters. The van der Waals surface area contributed by atoms with Gasteiger partial charge in [0.2, 0.25) is 5.91 Å². The maximum Gasteiger partial charge on any atom is 0.247 e. The second-order valence-corrected chi connectivity index (χ2v) is 5.74. The van der Waals surface area contributed by atoms with Crippen LogP contribution in [-0.4, -0.2) is 10.9 Å². The van der Waals surface area contributed by atoms with Crippen LogP contribution in [0.15, 0.2) is 47.2 Å². The van der Waals surface area contributed by atoms with Crippen molar-refractivity contribution >= 4 is 39.1 Å². The molecule has 0 fully saturated rings. The maximum atomic E-state index is 11.9. The number of carbonyl (C=O) groups is 1. The van der Waals surface area contributed by atoms with E-state index in [0.717, 1.165) is 15.7 Å². The third kappa shape index (κ3) is 2.94. The Kier molecular flexibility index (Phi) is 4.30. The summed E-state index contributed by atoms with van der Waals surface area (Å²) in [6.45, 7) is 1.73. The molecule has 1 unspecified atom stereocenters. The summed E-state index contributed by atoms with van der Waals surface area (Å²) in [5.74, 6) is -0.477. The first kappa shape index (κ1) is 14.8. The Labute approximate surface area is 130 Å². The van der Waals surface area contributed by atoms with Crippen LogP contribution in [0, 0.1) is 0 Å². The monoisotopic (exact) mass is 353 g/mol. The largest absolute Gasteiger partial charge is 0.368 e. The van der Waals surface area contributed by atoms with Gasteiger partial charge in [-0.2, -0.15) is 0 Å².